The summed E-state index contributed by atoms with van der Waals surface area (Å²) in [6, 6.07) is 3.97. The van der Waals surface area contributed by atoms with Crippen molar-refractivity contribution in [1.82, 2.24) is 9.97 Å². The van der Waals surface area contributed by atoms with Gasteiger partial charge in [0.15, 0.2) is 0 Å². The summed E-state index contributed by atoms with van der Waals surface area (Å²) < 4.78 is 0. The fraction of sp³-hybridized carbons (Fsp3) is 0.167. The average Bonchev–Trinajstić information content (AvgIpc) is 2.27. The quantitative estimate of drug-likeness (QED) is 0.753. The van der Waals surface area contributed by atoms with Gasteiger partial charge in [-0.15, -0.1) is 0 Å². The Labute approximate surface area is 94.5 Å². The Morgan fingerprint density at radius 1 is 1.12 bits per heavy atom. The zero-order valence-electron chi connectivity index (χ0n) is 9.36. The fourth-order valence-corrected chi connectivity index (χ4v) is 1.45. The molecule has 0 saturated heterocycles. The number of benzene rings is 1. The lowest BCUT2D eigenvalue weighted by Gasteiger charge is -2.10. The van der Waals surface area contributed by atoms with Crippen molar-refractivity contribution >= 4 is 17.2 Å². The Morgan fingerprint density at radius 3 is 2.56 bits per heavy atom. The van der Waals surface area contributed by atoms with Crippen molar-refractivity contribution in [3.05, 3.63) is 41.9 Å². The first-order chi connectivity index (χ1) is 7.66. The molecule has 1 aromatic carbocycles. The SMILES string of the molecule is Cc1cc(N)c(Nc2cnccn2)cc1C. The second-order valence-electron chi connectivity index (χ2n) is 3.74. The van der Waals surface area contributed by atoms with Gasteiger partial charge in [0.05, 0.1) is 17.6 Å². The third-order valence-electron chi connectivity index (χ3n) is 2.49. The lowest BCUT2D eigenvalue weighted by atomic mass is 10.1. The number of hydrogen-bond acceptors (Lipinski definition) is 4. The van der Waals surface area contributed by atoms with Gasteiger partial charge in [-0.2, -0.15) is 0 Å². The summed E-state index contributed by atoms with van der Waals surface area (Å²) in [6.07, 6.45) is 4.93. The molecule has 3 N–H and O–H groups in total. The van der Waals surface area contributed by atoms with Crippen LogP contribution in [0.3, 0.4) is 0 Å². The van der Waals surface area contributed by atoms with E-state index in [0.29, 0.717) is 11.5 Å². The first kappa shape index (κ1) is 10.4. The lowest BCUT2D eigenvalue weighted by Crippen LogP contribution is -1.99. The molecule has 4 nitrogen and oxygen atoms in total. The van der Waals surface area contributed by atoms with E-state index in [1.54, 1.807) is 18.6 Å². The van der Waals surface area contributed by atoms with Gasteiger partial charge < -0.3 is 11.1 Å². The van der Waals surface area contributed by atoms with Gasteiger partial charge in [-0.1, -0.05) is 0 Å². The molecule has 0 radical (unpaired) electrons. The van der Waals surface area contributed by atoms with Gasteiger partial charge in [-0.3, -0.25) is 4.98 Å². The third-order valence-corrected chi connectivity index (χ3v) is 2.49. The molecular weight excluding hydrogens is 200 g/mol. The number of anilines is 3. The van der Waals surface area contributed by atoms with Crippen LogP contribution >= 0.6 is 0 Å². The van der Waals surface area contributed by atoms with Crippen molar-refractivity contribution in [2.75, 3.05) is 11.1 Å². The summed E-state index contributed by atoms with van der Waals surface area (Å²) >= 11 is 0. The van der Waals surface area contributed by atoms with Crippen LogP contribution in [0.15, 0.2) is 30.7 Å². The summed E-state index contributed by atoms with van der Waals surface area (Å²) in [4.78, 5) is 8.12. The molecular formula is C12H14N4. The van der Waals surface area contributed by atoms with E-state index in [-0.39, 0.29) is 0 Å². The second-order valence-corrected chi connectivity index (χ2v) is 3.74. The zero-order chi connectivity index (χ0) is 11.5. The molecule has 82 valence electrons. The number of nitrogens with zero attached hydrogens (tertiary/aromatic N) is 2. The van der Waals surface area contributed by atoms with Crippen LogP contribution in [-0.2, 0) is 0 Å². The van der Waals surface area contributed by atoms with Crippen LogP contribution in [0, 0.1) is 13.8 Å². The normalized spacial score (nSPS) is 10.1. The van der Waals surface area contributed by atoms with Crippen LogP contribution < -0.4 is 11.1 Å². The first-order valence-electron chi connectivity index (χ1n) is 5.06. The highest BCUT2D eigenvalue weighted by Crippen LogP contribution is 2.25. The van der Waals surface area contributed by atoms with Crippen LogP contribution in [0.4, 0.5) is 17.2 Å². The van der Waals surface area contributed by atoms with E-state index < -0.39 is 0 Å². The van der Waals surface area contributed by atoms with Gasteiger partial charge in [-0.05, 0) is 37.1 Å². The van der Waals surface area contributed by atoms with Crippen LogP contribution in [0.25, 0.3) is 0 Å². The van der Waals surface area contributed by atoms with Crippen LogP contribution in [-0.4, -0.2) is 9.97 Å². The van der Waals surface area contributed by atoms with Crippen molar-refractivity contribution in [2.45, 2.75) is 13.8 Å². The van der Waals surface area contributed by atoms with E-state index in [1.807, 2.05) is 19.1 Å². The Bertz CT molecular complexity index is 494. The van der Waals surface area contributed by atoms with Crippen molar-refractivity contribution in [3.63, 3.8) is 0 Å². The van der Waals surface area contributed by atoms with E-state index in [4.69, 9.17) is 5.73 Å². The topological polar surface area (TPSA) is 63.8 Å². The number of aromatic nitrogens is 2. The standard InChI is InChI=1S/C12H14N4/c1-8-5-10(13)11(6-9(8)2)16-12-7-14-3-4-15-12/h3-7H,13H2,1-2H3,(H,15,16). The maximum atomic E-state index is 5.93. The molecule has 0 spiro atoms. The van der Waals surface area contributed by atoms with Crippen LogP contribution in [0.5, 0.6) is 0 Å². The highest BCUT2D eigenvalue weighted by atomic mass is 15.0. The minimum Gasteiger partial charge on any atom is -0.397 e. The smallest absolute Gasteiger partial charge is 0.148 e. The Balaban J connectivity index is 2.32. The van der Waals surface area contributed by atoms with Crippen LogP contribution in [0.1, 0.15) is 11.1 Å². The minimum absolute atomic E-state index is 0.692. The Hall–Kier alpha value is -2.10. The third kappa shape index (κ3) is 2.11. The molecule has 0 aliphatic carbocycles. The van der Waals surface area contributed by atoms with Gasteiger partial charge in [0, 0.05) is 12.4 Å². The molecule has 2 rings (SSSR count). The summed E-state index contributed by atoms with van der Waals surface area (Å²) in [5.41, 5.74) is 9.89. The predicted molar refractivity (Wildman–Crippen MR) is 65.6 cm³/mol. The van der Waals surface area contributed by atoms with Gasteiger partial charge in [0.1, 0.15) is 5.82 Å². The monoisotopic (exact) mass is 214 g/mol. The molecule has 0 bridgehead atoms. The Morgan fingerprint density at radius 2 is 1.88 bits per heavy atom. The van der Waals surface area contributed by atoms with Gasteiger partial charge in [-0.25, -0.2) is 4.98 Å². The molecule has 1 heterocycles. The second kappa shape index (κ2) is 4.18. The molecule has 0 amide bonds. The highest BCUT2D eigenvalue weighted by molar-refractivity contribution is 5.72. The summed E-state index contributed by atoms with van der Waals surface area (Å²) in [7, 11) is 0. The summed E-state index contributed by atoms with van der Waals surface area (Å²) in [6.45, 7) is 4.09. The van der Waals surface area contributed by atoms with E-state index in [1.165, 1.54) is 11.1 Å². The molecule has 0 saturated carbocycles. The molecule has 16 heavy (non-hydrogen) atoms. The number of nitrogen functional groups attached to an aromatic ring is 1. The van der Waals surface area contributed by atoms with Crippen molar-refractivity contribution < 1.29 is 0 Å². The lowest BCUT2D eigenvalue weighted by molar-refractivity contribution is 1.20. The van der Waals surface area contributed by atoms with Crippen molar-refractivity contribution in [1.29, 1.82) is 0 Å². The van der Waals surface area contributed by atoms with Crippen LogP contribution in [0.2, 0.25) is 0 Å². The van der Waals surface area contributed by atoms with Crippen molar-refractivity contribution in [2.24, 2.45) is 0 Å². The highest BCUT2D eigenvalue weighted by Gasteiger charge is 2.03. The average molecular weight is 214 g/mol. The maximum Gasteiger partial charge on any atom is 0.148 e. The fourth-order valence-electron chi connectivity index (χ4n) is 1.45. The zero-order valence-corrected chi connectivity index (χ0v) is 9.36. The maximum absolute atomic E-state index is 5.93. The minimum atomic E-state index is 0.692. The first-order valence-corrected chi connectivity index (χ1v) is 5.06. The summed E-state index contributed by atoms with van der Waals surface area (Å²) in [5, 5.41) is 3.14. The molecule has 0 unspecified atom stereocenters. The number of hydrogen-bond donors (Lipinski definition) is 2. The number of nitrogens with one attached hydrogen (secondary N) is 1. The molecule has 0 aliphatic rings. The van der Waals surface area contributed by atoms with Gasteiger partial charge in [0.25, 0.3) is 0 Å². The van der Waals surface area contributed by atoms with E-state index in [0.717, 1.165) is 5.69 Å². The van der Waals surface area contributed by atoms with Gasteiger partial charge >= 0.3 is 0 Å². The molecule has 0 fully saturated rings. The molecule has 0 aliphatic heterocycles. The largest absolute Gasteiger partial charge is 0.397 e. The molecule has 2 aromatic rings. The predicted octanol–water partition coefficient (Wildman–Crippen LogP) is 2.42. The van der Waals surface area contributed by atoms with E-state index >= 15 is 0 Å². The van der Waals surface area contributed by atoms with E-state index in [2.05, 4.69) is 22.2 Å². The number of nitrogens with two attached hydrogens (primary N) is 1. The Kier molecular flexibility index (Phi) is 2.72. The molecule has 0 atom stereocenters. The number of aryl methyl sites for hydroxylation is 2. The number of rotatable bonds is 2. The van der Waals surface area contributed by atoms with Gasteiger partial charge in [0.2, 0.25) is 0 Å². The summed E-state index contributed by atoms with van der Waals surface area (Å²) in [5.74, 6) is 0.692. The molecule has 4 heteroatoms. The van der Waals surface area contributed by atoms with Crippen molar-refractivity contribution in [3.8, 4) is 0 Å². The van der Waals surface area contributed by atoms with E-state index in [9.17, 15) is 0 Å². The molecule has 1 aromatic heterocycles.